The summed E-state index contributed by atoms with van der Waals surface area (Å²) in [4.78, 5) is 24.5. The first-order valence-corrected chi connectivity index (χ1v) is 17.5. The zero-order chi connectivity index (χ0) is 40.6. The Balaban J connectivity index is 1.30. The summed E-state index contributed by atoms with van der Waals surface area (Å²) in [6.07, 6.45) is -25.1. The molecule has 56 heavy (non-hydrogen) atoms. The summed E-state index contributed by atoms with van der Waals surface area (Å²) in [5, 5.41) is 95.8. The lowest BCUT2D eigenvalue weighted by Crippen LogP contribution is -2.65. The first kappa shape index (κ1) is 41.6. The second-order valence-electron chi connectivity index (χ2n) is 13.6. The van der Waals surface area contributed by atoms with Gasteiger partial charge in [0.2, 0.25) is 6.29 Å². The van der Waals surface area contributed by atoms with Gasteiger partial charge in [-0.1, -0.05) is 0 Å². The Labute approximate surface area is 317 Å². The minimum atomic E-state index is -1.97. The number of aromatic hydroxyl groups is 1. The molecule has 308 valence electrons. The fourth-order valence-electron chi connectivity index (χ4n) is 6.49. The molecule has 6 unspecified atom stereocenters. The molecule has 0 bridgehead atoms. The third kappa shape index (κ3) is 8.62. The molecule has 0 spiro atoms. The van der Waals surface area contributed by atoms with Gasteiger partial charge < -0.3 is 88.3 Å². The van der Waals surface area contributed by atoms with Gasteiger partial charge >= 0.3 is 5.97 Å². The number of phenolic OH excluding ortho intramolecular Hbond substituents is 1. The average molecular weight is 797 g/mol. The number of esters is 1. The maximum Gasteiger partial charge on any atom is 0.302 e. The van der Waals surface area contributed by atoms with Crippen molar-refractivity contribution in [1.82, 2.24) is 0 Å². The van der Waals surface area contributed by atoms with Crippen LogP contribution in [0, 0.1) is 0 Å². The van der Waals surface area contributed by atoms with Gasteiger partial charge in [0.1, 0.15) is 102 Å². The molecule has 1 aromatic heterocycles. The number of aliphatic hydroxyl groups excluding tert-OH is 8. The number of phenols is 1. The van der Waals surface area contributed by atoms with E-state index in [0.29, 0.717) is 11.3 Å². The van der Waals surface area contributed by atoms with Crippen molar-refractivity contribution in [2.45, 2.75) is 106 Å². The van der Waals surface area contributed by atoms with Crippen LogP contribution in [0.1, 0.15) is 13.8 Å². The highest BCUT2D eigenvalue weighted by molar-refractivity contribution is 5.86. The van der Waals surface area contributed by atoms with Crippen molar-refractivity contribution < 1.29 is 93.1 Å². The molecule has 0 aliphatic carbocycles. The molecule has 3 aromatic rings. The van der Waals surface area contributed by atoms with Crippen molar-refractivity contribution in [2.75, 3.05) is 20.3 Å². The quantitative estimate of drug-likeness (QED) is 0.0914. The molecular formula is C36H44O20. The largest absolute Gasteiger partial charge is 0.507 e. The molecule has 2 aromatic carbocycles. The second kappa shape index (κ2) is 17.2. The number of rotatable bonds is 11. The summed E-state index contributed by atoms with van der Waals surface area (Å²) in [7, 11) is 1.49. The second-order valence-corrected chi connectivity index (χ2v) is 13.6. The molecule has 20 nitrogen and oxygen atoms in total. The molecule has 0 amide bonds. The van der Waals surface area contributed by atoms with Gasteiger partial charge in [-0.05, 0) is 31.2 Å². The van der Waals surface area contributed by atoms with Crippen LogP contribution in [0.5, 0.6) is 17.2 Å². The Bertz CT molecular complexity index is 1870. The summed E-state index contributed by atoms with van der Waals surface area (Å²) >= 11 is 0. The van der Waals surface area contributed by atoms with Crippen molar-refractivity contribution in [1.29, 1.82) is 0 Å². The maximum absolute atomic E-state index is 13.1. The number of methoxy groups -OCH3 is 1. The number of carbonyl (C=O) groups excluding carboxylic acids is 1. The molecule has 4 heterocycles. The van der Waals surface area contributed by atoms with Gasteiger partial charge in [0.25, 0.3) is 0 Å². The Hall–Kier alpha value is -4.00. The number of hydrogen-bond acceptors (Lipinski definition) is 20. The van der Waals surface area contributed by atoms with Gasteiger partial charge in [0.05, 0.1) is 19.8 Å². The molecular weight excluding hydrogens is 752 g/mol. The summed E-state index contributed by atoms with van der Waals surface area (Å²) in [5.74, 6) is -0.861. The first-order valence-electron chi connectivity index (χ1n) is 17.5. The fraction of sp³-hybridized carbons (Fsp3) is 0.556. The Morgan fingerprint density at radius 2 is 1.34 bits per heavy atom. The van der Waals surface area contributed by atoms with Crippen molar-refractivity contribution in [3.05, 3.63) is 52.7 Å². The van der Waals surface area contributed by atoms with E-state index in [2.05, 4.69) is 0 Å². The molecule has 6 rings (SSSR count). The minimum Gasteiger partial charge on any atom is -0.507 e. The topological polar surface area (TPSA) is 303 Å². The SMILES string of the molecule is COc1ccc(-c2cc(=O)c3c(O)cc(O[C@@H]4OC(CO[C@@H]5OC(C)[C@H](O)C(O)[C@@H]5O)[C@@H](O)[C@H](O)C4O[C@@H]4OC(COC(C)=O)[C@@H](O)[C@H](O)C4O)cc3o2)cc1. The third-order valence-electron chi connectivity index (χ3n) is 9.70. The number of ether oxygens (including phenoxy) is 8. The van der Waals surface area contributed by atoms with Crippen LogP contribution in [-0.2, 0) is 33.2 Å². The minimum absolute atomic E-state index is 0.124. The van der Waals surface area contributed by atoms with Crippen LogP contribution in [0.15, 0.2) is 51.7 Å². The van der Waals surface area contributed by atoms with Crippen molar-refractivity contribution in [2.24, 2.45) is 0 Å². The summed E-state index contributed by atoms with van der Waals surface area (Å²) < 4.78 is 50.5. The van der Waals surface area contributed by atoms with E-state index in [0.717, 1.165) is 13.0 Å². The van der Waals surface area contributed by atoms with Gasteiger partial charge in [-0.25, -0.2) is 0 Å². The molecule has 9 N–H and O–H groups in total. The van der Waals surface area contributed by atoms with Gasteiger partial charge in [0, 0.05) is 30.7 Å². The Kier molecular flexibility index (Phi) is 12.8. The van der Waals surface area contributed by atoms with Gasteiger partial charge in [0.15, 0.2) is 24.1 Å². The standard InChI is InChI=1S/C36H44O20/c1-13-25(40)28(43)31(46)34(51-13)50-12-23-27(42)30(45)33(56-35-32(47)29(44)26(41)22(54-35)11-49-14(2)37)36(55-23)52-17-8-18(38)24-19(39)10-20(53-21(24)9-17)15-4-6-16(48-3)7-5-15/h4-10,13,22-23,25-36,38,40-47H,11-12H2,1-3H3/t13?,22?,23?,25-,26+,27+,28?,29-,30-,31-,32?,33?,34+,35-,36+/m0/s1. The average Bonchev–Trinajstić information content (AvgIpc) is 3.17. The van der Waals surface area contributed by atoms with E-state index in [-0.39, 0.29) is 22.5 Å². The van der Waals surface area contributed by atoms with Crippen molar-refractivity contribution >= 4 is 16.9 Å². The summed E-state index contributed by atoms with van der Waals surface area (Å²) in [6.45, 7) is 1.33. The molecule has 3 fully saturated rings. The summed E-state index contributed by atoms with van der Waals surface area (Å²) in [6, 6.07) is 10.0. The van der Waals surface area contributed by atoms with Crippen LogP contribution in [0.4, 0.5) is 0 Å². The molecule has 3 aliphatic heterocycles. The first-order chi connectivity index (χ1) is 26.6. The molecule has 20 heteroatoms. The predicted octanol–water partition coefficient (Wildman–Crippen LogP) is -2.40. The van der Waals surface area contributed by atoms with Crippen LogP contribution in [0.2, 0.25) is 0 Å². The van der Waals surface area contributed by atoms with Crippen LogP contribution in [0.3, 0.4) is 0 Å². The monoisotopic (exact) mass is 796 g/mol. The molecule has 3 saturated heterocycles. The third-order valence-corrected chi connectivity index (χ3v) is 9.70. The fourth-order valence-corrected chi connectivity index (χ4v) is 6.49. The van der Waals surface area contributed by atoms with Crippen LogP contribution in [-0.4, -0.2) is 164 Å². The highest BCUT2D eigenvalue weighted by Gasteiger charge is 2.52. The van der Waals surface area contributed by atoms with Crippen molar-refractivity contribution in [3.8, 4) is 28.6 Å². The normalized spacial score (nSPS) is 36.2. The number of hydrogen-bond donors (Lipinski definition) is 9. The zero-order valence-corrected chi connectivity index (χ0v) is 30.1. The van der Waals surface area contributed by atoms with E-state index in [1.54, 1.807) is 24.3 Å². The van der Waals surface area contributed by atoms with Crippen molar-refractivity contribution in [3.63, 3.8) is 0 Å². The predicted molar refractivity (Wildman–Crippen MR) is 184 cm³/mol. The molecule has 3 aliphatic rings. The zero-order valence-electron chi connectivity index (χ0n) is 30.1. The molecule has 0 saturated carbocycles. The van der Waals surface area contributed by atoms with Gasteiger partial charge in [-0.15, -0.1) is 0 Å². The smallest absolute Gasteiger partial charge is 0.302 e. The van der Waals surface area contributed by atoms with E-state index in [1.165, 1.54) is 26.2 Å². The van der Waals surface area contributed by atoms with E-state index < -0.39 is 122 Å². The highest BCUT2D eigenvalue weighted by atomic mass is 16.8. The van der Waals surface area contributed by atoms with E-state index in [4.69, 9.17) is 42.3 Å². The van der Waals surface area contributed by atoms with E-state index >= 15 is 0 Å². The van der Waals surface area contributed by atoms with Gasteiger partial charge in [-0.2, -0.15) is 0 Å². The number of carbonyl (C=O) groups is 1. The number of aliphatic hydroxyl groups is 8. The van der Waals surface area contributed by atoms with Crippen LogP contribution >= 0.6 is 0 Å². The van der Waals surface area contributed by atoms with Gasteiger partial charge in [-0.3, -0.25) is 9.59 Å². The van der Waals surface area contributed by atoms with E-state index in [9.17, 15) is 55.5 Å². The molecule has 15 atom stereocenters. The van der Waals surface area contributed by atoms with Crippen LogP contribution in [0.25, 0.3) is 22.3 Å². The Morgan fingerprint density at radius 3 is 2.02 bits per heavy atom. The summed E-state index contributed by atoms with van der Waals surface area (Å²) in [5.41, 5.74) is -0.242. The lowest BCUT2D eigenvalue weighted by Gasteiger charge is -2.46. The number of fused-ring (bicyclic) bond motifs is 1. The Morgan fingerprint density at radius 1 is 0.714 bits per heavy atom. The molecule has 0 radical (unpaired) electrons. The van der Waals surface area contributed by atoms with Crippen LogP contribution < -0.4 is 14.9 Å². The highest BCUT2D eigenvalue weighted by Crippen LogP contribution is 2.36. The van der Waals surface area contributed by atoms with E-state index in [1.807, 2.05) is 0 Å². The lowest BCUT2D eigenvalue weighted by molar-refractivity contribution is -0.362. The number of benzene rings is 2. The maximum atomic E-state index is 13.1. The lowest BCUT2D eigenvalue weighted by atomic mass is 9.97.